The molecule has 1 aromatic carbocycles. The molecule has 2 rings (SSSR count). The molecule has 0 heterocycles. The number of nitrogens with zero attached hydrogens (tertiary/aromatic N) is 1. The number of hydrogen-bond donors (Lipinski definition) is 2. The van der Waals surface area contributed by atoms with Crippen LogP contribution in [0.2, 0.25) is 5.02 Å². The molecule has 0 amide bonds. The average molecular weight is 339 g/mol. The second-order valence-corrected chi connectivity index (χ2v) is 5.61. The van der Waals surface area contributed by atoms with Crippen molar-refractivity contribution in [1.82, 2.24) is 0 Å². The molecule has 2 unspecified atom stereocenters. The van der Waals surface area contributed by atoms with E-state index in [0.29, 0.717) is 18.9 Å². The van der Waals surface area contributed by atoms with Crippen molar-refractivity contribution in [2.24, 2.45) is 0 Å². The van der Waals surface area contributed by atoms with Crippen LogP contribution in [0.25, 0.3) is 0 Å². The second kappa shape index (κ2) is 6.29. The normalized spacial score (nSPS) is 22.4. The minimum Gasteiger partial charge on any atom is -0.391 e. The largest absolute Gasteiger partial charge is 0.418 e. The van der Waals surface area contributed by atoms with E-state index < -0.39 is 39.5 Å². The summed E-state index contributed by atoms with van der Waals surface area (Å²) in [5, 5.41) is 23.0. The molecule has 1 saturated carbocycles. The Bertz CT molecular complexity index is 580. The lowest BCUT2D eigenvalue weighted by molar-refractivity contribution is -0.384. The number of benzene rings is 1. The van der Waals surface area contributed by atoms with Gasteiger partial charge in [-0.2, -0.15) is 13.2 Å². The molecule has 0 bridgehead atoms. The van der Waals surface area contributed by atoms with E-state index in [1.54, 1.807) is 0 Å². The third kappa shape index (κ3) is 3.61. The van der Waals surface area contributed by atoms with Crippen molar-refractivity contribution in [3.63, 3.8) is 0 Å². The molecule has 0 spiro atoms. The fraction of sp³-hybridized carbons (Fsp3) is 0.538. The number of nitro groups is 1. The van der Waals surface area contributed by atoms with Crippen molar-refractivity contribution in [1.29, 1.82) is 0 Å². The zero-order chi connectivity index (χ0) is 16.5. The van der Waals surface area contributed by atoms with E-state index in [1.807, 2.05) is 0 Å². The number of nitro benzene ring substituents is 1. The van der Waals surface area contributed by atoms with Crippen molar-refractivity contribution in [3.05, 3.63) is 32.8 Å². The van der Waals surface area contributed by atoms with E-state index in [0.717, 1.165) is 18.9 Å². The summed E-state index contributed by atoms with van der Waals surface area (Å²) in [6, 6.07) is 0.865. The summed E-state index contributed by atoms with van der Waals surface area (Å²) in [6.07, 6.45) is -2.68. The van der Waals surface area contributed by atoms with Crippen molar-refractivity contribution < 1.29 is 23.2 Å². The smallest absolute Gasteiger partial charge is 0.391 e. The van der Waals surface area contributed by atoms with E-state index in [1.165, 1.54) is 0 Å². The van der Waals surface area contributed by atoms with Gasteiger partial charge in [-0.05, 0) is 18.9 Å². The van der Waals surface area contributed by atoms with Crippen molar-refractivity contribution in [2.45, 2.75) is 44.0 Å². The van der Waals surface area contributed by atoms with Crippen molar-refractivity contribution in [3.8, 4) is 0 Å². The number of rotatable bonds is 3. The first-order valence-electron chi connectivity index (χ1n) is 6.70. The maximum absolute atomic E-state index is 12.8. The van der Waals surface area contributed by atoms with Gasteiger partial charge in [0.05, 0.1) is 27.7 Å². The number of anilines is 1. The maximum Gasteiger partial charge on any atom is 0.418 e. The van der Waals surface area contributed by atoms with Gasteiger partial charge in [-0.15, -0.1) is 0 Å². The standard InChI is InChI=1S/C13H14ClF3N2O3/c14-8-6-10(18-9-3-1-2-4-12(9)20)11(19(21)22)5-7(8)13(15,16)17/h5-6,9,12,18,20H,1-4H2. The molecule has 1 fully saturated rings. The van der Waals surface area contributed by atoms with Crippen LogP contribution < -0.4 is 5.32 Å². The molecular weight excluding hydrogens is 325 g/mol. The molecule has 0 aliphatic heterocycles. The molecule has 1 aliphatic rings. The summed E-state index contributed by atoms with van der Waals surface area (Å²) < 4.78 is 38.3. The molecule has 5 nitrogen and oxygen atoms in total. The van der Waals surface area contributed by atoms with Gasteiger partial charge in [-0.1, -0.05) is 24.4 Å². The first-order chi connectivity index (χ1) is 10.2. The summed E-state index contributed by atoms with van der Waals surface area (Å²) in [5.74, 6) is 0. The van der Waals surface area contributed by atoms with Crippen LogP contribution >= 0.6 is 11.6 Å². The van der Waals surface area contributed by atoms with Crippen LogP contribution in [0.1, 0.15) is 31.2 Å². The molecule has 2 N–H and O–H groups in total. The lowest BCUT2D eigenvalue weighted by Crippen LogP contribution is -2.36. The van der Waals surface area contributed by atoms with Crippen LogP contribution in [0, 0.1) is 10.1 Å². The van der Waals surface area contributed by atoms with Gasteiger partial charge in [0.15, 0.2) is 0 Å². The molecule has 0 radical (unpaired) electrons. The Morgan fingerprint density at radius 2 is 1.95 bits per heavy atom. The molecular formula is C13H14ClF3N2O3. The summed E-state index contributed by atoms with van der Waals surface area (Å²) in [5.41, 5.74) is -2.08. The molecule has 0 saturated heterocycles. The minimum atomic E-state index is -4.77. The van der Waals surface area contributed by atoms with E-state index in [-0.39, 0.29) is 5.69 Å². The lowest BCUT2D eigenvalue weighted by Gasteiger charge is -2.29. The van der Waals surface area contributed by atoms with E-state index >= 15 is 0 Å². The fourth-order valence-corrected chi connectivity index (χ4v) is 2.80. The number of hydrogen-bond acceptors (Lipinski definition) is 4. The number of nitrogens with one attached hydrogen (secondary N) is 1. The van der Waals surface area contributed by atoms with Gasteiger partial charge >= 0.3 is 6.18 Å². The molecule has 9 heteroatoms. The molecule has 2 atom stereocenters. The number of aliphatic hydroxyl groups excluding tert-OH is 1. The third-order valence-corrected chi connectivity index (χ3v) is 3.97. The highest BCUT2D eigenvalue weighted by molar-refractivity contribution is 6.31. The summed E-state index contributed by atoms with van der Waals surface area (Å²) >= 11 is 5.60. The maximum atomic E-state index is 12.8. The van der Waals surface area contributed by atoms with Gasteiger partial charge in [0.25, 0.3) is 5.69 Å². The second-order valence-electron chi connectivity index (χ2n) is 5.21. The van der Waals surface area contributed by atoms with Gasteiger partial charge in [-0.25, -0.2) is 0 Å². The Morgan fingerprint density at radius 3 is 2.50 bits per heavy atom. The van der Waals surface area contributed by atoms with E-state index in [2.05, 4.69) is 5.32 Å². The summed E-state index contributed by atoms with van der Waals surface area (Å²) in [4.78, 5) is 10.1. The van der Waals surface area contributed by atoms with Crippen LogP contribution in [-0.2, 0) is 6.18 Å². The topological polar surface area (TPSA) is 75.4 Å². The quantitative estimate of drug-likeness (QED) is 0.645. The number of aliphatic hydroxyl groups is 1. The highest BCUT2D eigenvalue weighted by Crippen LogP contribution is 2.40. The average Bonchev–Trinajstić information content (AvgIpc) is 2.39. The number of halogens is 4. The Hall–Kier alpha value is -1.54. The highest BCUT2D eigenvalue weighted by atomic mass is 35.5. The molecule has 0 aromatic heterocycles. The van der Waals surface area contributed by atoms with Crippen LogP contribution in [0.4, 0.5) is 24.5 Å². The summed E-state index contributed by atoms with van der Waals surface area (Å²) in [7, 11) is 0. The van der Waals surface area contributed by atoms with E-state index in [4.69, 9.17) is 11.6 Å². The van der Waals surface area contributed by atoms with Crippen LogP contribution in [0.3, 0.4) is 0 Å². The monoisotopic (exact) mass is 338 g/mol. The highest BCUT2D eigenvalue weighted by Gasteiger charge is 2.36. The summed E-state index contributed by atoms with van der Waals surface area (Å²) in [6.45, 7) is 0. The third-order valence-electron chi connectivity index (χ3n) is 3.66. The Balaban J connectivity index is 2.38. The lowest BCUT2D eigenvalue weighted by atomic mass is 9.92. The van der Waals surface area contributed by atoms with Crippen molar-refractivity contribution in [2.75, 3.05) is 5.32 Å². The SMILES string of the molecule is O=[N+]([O-])c1cc(C(F)(F)F)c(Cl)cc1NC1CCCCC1O. The van der Waals surface area contributed by atoms with E-state index in [9.17, 15) is 28.4 Å². The van der Waals surface area contributed by atoms with Crippen LogP contribution in [0.15, 0.2) is 12.1 Å². The molecule has 122 valence electrons. The Labute approximate surface area is 129 Å². The fourth-order valence-electron chi connectivity index (χ4n) is 2.53. The van der Waals surface area contributed by atoms with Gasteiger partial charge in [-0.3, -0.25) is 10.1 Å². The minimum absolute atomic E-state index is 0.117. The predicted octanol–water partition coefficient (Wildman–Crippen LogP) is 3.98. The Morgan fingerprint density at radius 1 is 1.32 bits per heavy atom. The Kier molecular flexibility index (Phi) is 4.81. The van der Waals surface area contributed by atoms with Gasteiger partial charge < -0.3 is 10.4 Å². The van der Waals surface area contributed by atoms with Gasteiger partial charge in [0, 0.05) is 6.07 Å². The number of alkyl halides is 3. The molecule has 22 heavy (non-hydrogen) atoms. The predicted molar refractivity (Wildman–Crippen MR) is 75.0 cm³/mol. The first-order valence-corrected chi connectivity index (χ1v) is 7.07. The van der Waals surface area contributed by atoms with Crippen LogP contribution in [0.5, 0.6) is 0 Å². The zero-order valence-electron chi connectivity index (χ0n) is 11.4. The van der Waals surface area contributed by atoms with Crippen LogP contribution in [-0.4, -0.2) is 22.2 Å². The van der Waals surface area contributed by atoms with Gasteiger partial charge in [0.2, 0.25) is 0 Å². The first kappa shape index (κ1) is 16.8. The van der Waals surface area contributed by atoms with Gasteiger partial charge in [0.1, 0.15) is 5.69 Å². The van der Waals surface area contributed by atoms with Crippen molar-refractivity contribution >= 4 is 23.0 Å². The molecule has 1 aliphatic carbocycles. The zero-order valence-corrected chi connectivity index (χ0v) is 12.1. The molecule has 1 aromatic rings.